The van der Waals surface area contributed by atoms with Gasteiger partial charge < -0.3 is 9.15 Å². The Morgan fingerprint density at radius 2 is 1.75 bits per heavy atom. The smallest absolute Gasteiger partial charge is 0.268 e. The second-order valence-corrected chi connectivity index (χ2v) is 9.48. The van der Waals surface area contributed by atoms with Crippen LogP contribution in [-0.4, -0.2) is 18.2 Å². The minimum atomic E-state index is -3.95. The maximum Gasteiger partial charge on any atom is 0.268 e. The average Bonchev–Trinajstić information content (AvgIpc) is 3.37. The molecule has 32 heavy (non-hydrogen) atoms. The zero-order valence-electron chi connectivity index (χ0n) is 17.4. The van der Waals surface area contributed by atoms with E-state index >= 15 is 0 Å². The zero-order chi connectivity index (χ0) is 22.9. The second kappa shape index (κ2) is 8.68. The summed E-state index contributed by atoms with van der Waals surface area (Å²) in [5, 5.41) is 0.166. The zero-order valence-corrected chi connectivity index (χ0v) is 19.0. The van der Waals surface area contributed by atoms with Crippen LogP contribution in [-0.2, 0) is 16.6 Å². The van der Waals surface area contributed by atoms with E-state index in [2.05, 4.69) is 0 Å². The Hall–Kier alpha value is -3.29. The molecule has 0 unspecified atom stereocenters. The monoisotopic (exact) mass is 469 g/mol. The number of benzene rings is 2. The van der Waals surface area contributed by atoms with Gasteiger partial charge in [-0.1, -0.05) is 59.6 Å². The molecule has 0 fully saturated rings. The molecule has 0 saturated heterocycles. The Kier molecular flexibility index (Phi) is 5.95. The molecule has 0 atom stereocenters. The highest BCUT2D eigenvalue weighted by Gasteiger charge is 2.27. The molecule has 0 saturated carbocycles. The highest BCUT2D eigenvalue weighted by Crippen LogP contribution is 2.37. The van der Waals surface area contributed by atoms with Crippen LogP contribution in [0.15, 0.2) is 82.2 Å². The molecule has 4 aromatic rings. The number of halogens is 1. The first kappa shape index (κ1) is 21.9. The van der Waals surface area contributed by atoms with E-state index < -0.39 is 10.0 Å². The molecule has 0 amide bonds. The van der Waals surface area contributed by atoms with Crippen LogP contribution in [0.2, 0.25) is 5.02 Å². The molecule has 0 spiro atoms. The van der Waals surface area contributed by atoms with E-state index in [4.69, 9.17) is 20.8 Å². The summed E-state index contributed by atoms with van der Waals surface area (Å²) in [7, 11) is -3.95. The van der Waals surface area contributed by atoms with Crippen molar-refractivity contribution >= 4 is 27.4 Å². The van der Waals surface area contributed by atoms with Crippen molar-refractivity contribution in [3.05, 3.63) is 94.8 Å². The molecular weight excluding hydrogens is 450 g/mol. The Labute approximate surface area is 191 Å². The molecule has 0 aliphatic heterocycles. The first-order valence-corrected chi connectivity index (χ1v) is 11.6. The molecule has 2 aromatic carbocycles. The van der Waals surface area contributed by atoms with Crippen molar-refractivity contribution in [2.24, 2.45) is 0 Å². The summed E-state index contributed by atoms with van der Waals surface area (Å²) < 4.78 is 39.1. The number of Topliss-reactive ketones (excluding diaryl/α,β-unsaturated/α-hetero) is 1. The molecule has 6 nitrogen and oxygen atoms in total. The molecule has 8 heteroatoms. The predicted octanol–water partition coefficient (Wildman–Crippen LogP) is 5.73. The molecule has 2 heterocycles. The molecule has 4 rings (SSSR count). The highest BCUT2D eigenvalue weighted by atomic mass is 35.5. The third-order valence-electron chi connectivity index (χ3n) is 4.87. The standard InChI is InChI=1S/C24H20ClNO5S/c1-16-8-10-19(11-9-16)32(28,29)26-13-12-20(25)23(26)21-14-22(24(31-21)17(2)27)30-15-18-6-4-3-5-7-18/h3-14H,15H2,1-2H3. The van der Waals surface area contributed by atoms with Crippen molar-refractivity contribution < 1.29 is 22.4 Å². The first-order valence-electron chi connectivity index (χ1n) is 9.78. The van der Waals surface area contributed by atoms with Crippen LogP contribution in [0, 0.1) is 6.92 Å². The summed E-state index contributed by atoms with van der Waals surface area (Å²) in [6, 6.07) is 18.9. The van der Waals surface area contributed by atoms with Crippen molar-refractivity contribution in [1.82, 2.24) is 3.97 Å². The normalized spacial score (nSPS) is 11.5. The Bertz CT molecular complexity index is 1370. The van der Waals surface area contributed by atoms with Gasteiger partial charge in [0.15, 0.2) is 17.3 Å². The number of hydrogen-bond donors (Lipinski definition) is 0. The molecule has 2 aromatic heterocycles. The van der Waals surface area contributed by atoms with E-state index in [0.29, 0.717) is 0 Å². The Balaban J connectivity index is 1.75. The number of ether oxygens (including phenoxy) is 1. The van der Waals surface area contributed by atoms with E-state index in [0.717, 1.165) is 15.1 Å². The van der Waals surface area contributed by atoms with Crippen molar-refractivity contribution in [1.29, 1.82) is 0 Å². The summed E-state index contributed by atoms with van der Waals surface area (Å²) >= 11 is 6.34. The second-order valence-electron chi connectivity index (χ2n) is 7.26. The van der Waals surface area contributed by atoms with Crippen molar-refractivity contribution in [3.63, 3.8) is 0 Å². The van der Waals surface area contributed by atoms with E-state index in [9.17, 15) is 13.2 Å². The molecule has 164 valence electrons. The van der Waals surface area contributed by atoms with Crippen LogP contribution >= 0.6 is 11.6 Å². The largest absolute Gasteiger partial charge is 0.485 e. The lowest BCUT2D eigenvalue weighted by molar-refractivity contribution is 0.0982. The van der Waals surface area contributed by atoms with Crippen LogP contribution < -0.4 is 4.74 Å². The predicted molar refractivity (Wildman–Crippen MR) is 122 cm³/mol. The number of rotatable bonds is 7. The van der Waals surface area contributed by atoms with Gasteiger partial charge in [-0.2, -0.15) is 0 Å². The van der Waals surface area contributed by atoms with Gasteiger partial charge >= 0.3 is 0 Å². The van der Waals surface area contributed by atoms with Crippen LogP contribution in [0.25, 0.3) is 11.5 Å². The van der Waals surface area contributed by atoms with Crippen molar-refractivity contribution in [2.75, 3.05) is 0 Å². The Morgan fingerprint density at radius 1 is 1.06 bits per heavy atom. The third kappa shape index (κ3) is 4.22. The SMILES string of the molecule is CC(=O)c1oc(-c2c(Cl)ccn2S(=O)(=O)c2ccc(C)cc2)cc1OCc1ccccc1. The van der Waals surface area contributed by atoms with Gasteiger partial charge in [-0.05, 0) is 30.7 Å². The van der Waals surface area contributed by atoms with Crippen molar-refractivity contribution in [2.45, 2.75) is 25.3 Å². The van der Waals surface area contributed by atoms with E-state index in [-0.39, 0.29) is 45.3 Å². The number of nitrogens with zero attached hydrogens (tertiary/aromatic N) is 1. The molecule has 0 radical (unpaired) electrons. The summed E-state index contributed by atoms with van der Waals surface area (Å²) in [4.78, 5) is 12.3. The van der Waals surface area contributed by atoms with Gasteiger partial charge in [-0.25, -0.2) is 12.4 Å². The third-order valence-corrected chi connectivity index (χ3v) is 6.86. The van der Waals surface area contributed by atoms with Gasteiger partial charge in [0.25, 0.3) is 10.0 Å². The Morgan fingerprint density at radius 3 is 2.41 bits per heavy atom. The number of furan rings is 1. The lowest BCUT2D eigenvalue weighted by Crippen LogP contribution is -2.13. The van der Waals surface area contributed by atoms with Crippen LogP contribution in [0.4, 0.5) is 0 Å². The fraction of sp³-hybridized carbons (Fsp3) is 0.125. The van der Waals surface area contributed by atoms with E-state index in [1.54, 1.807) is 12.1 Å². The van der Waals surface area contributed by atoms with Crippen molar-refractivity contribution in [3.8, 4) is 17.2 Å². The van der Waals surface area contributed by atoms with Gasteiger partial charge in [-0.3, -0.25) is 4.79 Å². The van der Waals surface area contributed by atoms with Gasteiger partial charge in [0.05, 0.1) is 9.92 Å². The maximum atomic E-state index is 13.3. The van der Waals surface area contributed by atoms with Crippen LogP contribution in [0.1, 0.15) is 28.6 Å². The lowest BCUT2D eigenvalue weighted by Gasteiger charge is -2.10. The lowest BCUT2D eigenvalue weighted by atomic mass is 10.2. The molecule has 0 aliphatic carbocycles. The highest BCUT2D eigenvalue weighted by molar-refractivity contribution is 7.90. The van der Waals surface area contributed by atoms with Gasteiger partial charge in [0.1, 0.15) is 12.3 Å². The molecule has 0 bridgehead atoms. The summed E-state index contributed by atoms with van der Waals surface area (Å²) in [6.07, 6.45) is 1.35. The summed E-state index contributed by atoms with van der Waals surface area (Å²) in [5.41, 5.74) is 1.96. The minimum absolute atomic E-state index is 0.00696. The fourth-order valence-corrected chi connectivity index (χ4v) is 4.87. The number of hydrogen-bond acceptors (Lipinski definition) is 5. The number of ketones is 1. The maximum absolute atomic E-state index is 13.3. The summed E-state index contributed by atoms with van der Waals surface area (Å²) in [6.45, 7) is 3.44. The topological polar surface area (TPSA) is 78.5 Å². The fourth-order valence-electron chi connectivity index (χ4n) is 3.22. The van der Waals surface area contributed by atoms with Gasteiger partial charge in [0, 0.05) is 19.2 Å². The number of carbonyl (C=O) groups is 1. The van der Waals surface area contributed by atoms with Gasteiger partial charge in [-0.15, -0.1) is 0 Å². The molecule has 0 N–H and O–H groups in total. The van der Waals surface area contributed by atoms with Gasteiger partial charge in [0.2, 0.25) is 5.76 Å². The van der Waals surface area contributed by atoms with Crippen LogP contribution in [0.5, 0.6) is 5.75 Å². The number of carbonyl (C=O) groups excluding carboxylic acids is 1. The first-order chi connectivity index (χ1) is 15.3. The molecular formula is C24H20ClNO5S. The summed E-state index contributed by atoms with van der Waals surface area (Å²) in [5.74, 6) is -0.0285. The number of aryl methyl sites for hydroxylation is 1. The van der Waals surface area contributed by atoms with Crippen LogP contribution in [0.3, 0.4) is 0 Å². The van der Waals surface area contributed by atoms with E-state index in [1.165, 1.54) is 37.4 Å². The molecule has 0 aliphatic rings. The average molecular weight is 470 g/mol. The van der Waals surface area contributed by atoms with E-state index in [1.807, 2.05) is 37.3 Å². The number of aromatic nitrogens is 1. The minimum Gasteiger partial charge on any atom is -0.485 e. The quantitative estimate of drug-likeness (QED) is 0.323.